The monoisotopic (exact) mass is 304 g/mol. The van der Waals surface area contributed by atoms with Gasteiger partial charge in [-0.05, 0) is 19.1 Å². The molecule has 3 aromatic heterocycles. The Morgan fingerprint density at radius 3 is 3.00 bits per heavy atom. The third-order valence-electron chi connectivity index (χ3n) is 3.00. The number of aromatic nitrogens is 4. The van der Waals surface area contributed by atoms with Crippen LogP contribution < -0.4 is 0 Å². The van der Waals surface area contributed by atoms with Gasteiger partial charge in [0.05, 0.1) is 11.4 Å². The Morgan fingerprint density at radius 2 is 2.19 bits per heavy atom. The number of ether oxygens (including phenoxy) is 1. The fourth-order valence-electron chi connectivity index (χ4n) is 2.05. The van der Waals surface area contributed by atoms with Crippen LogP contribution in [0.4, 0.5) is 0 Å². The highest BCUT2D eigenvalue weighted by atomic mass is 32.2. The van der Waals surface area contributed by atoms with Crippen LogP contribution in [-0.4, -0.2) is 26.6 Å². The molecule has 0 radical (unpaired) electrons. The molecule has 3 heterocycles. The molecular weight excluding hydrogens is 288 g/mol. The summed E-state index contributed by atoms with van der Waals surface area (Å²) in [5.41, 5.74) is 3.21. The molecule has 110 valence electrons. The number of hydrogen-bond donors (Lipinski definition) is 0. The maximum atomic E-state index is 5.05. The zero-order valence-electron chi connectivity index (χ0n) is 11.9. The van der Waals surface area contributed by atoms with Gasteiger partial charge in [0.2, 0.25) is 0 Å². The van der Waals surface area contributed by atoms with Crippen LogP contribution in [0.15, 0.2) is 28.9 Å². The highest BCUT2D eigenvalue weighted by Crippen LogP contribution is 2.17. The lowest BCUT2D eigenvalue weighted by molar-refractivity contribution is 0.151. The molecule has 0 aliphatic rings. The number of aryl methyl sites for hydroxylation is 1. The molecule has 0 saturated carbocycles. The first kappa shape index (κ1) is 14.1. The summed E-state index contributed by atoms with van der Waals surface area (Å²) in [6, 6.07) is 6.10. The van der Waals surface area contributed by atoms with Crippen LogP contribution in [0.5, 0.6) is 0 Å². The van der Waals surface area contributed by atoms with E-state index in [9.17, 15) is 0 Å². The molecule has 3 rings (SSSR count). The van der Waals surface area contributed by atoms with Crippen molar-refractivity contribution in [2.75, 3.05) is 7.11 Å². The first-order chi connectivity index (χ1) is 10.3. The van der Waals surface area contributed by atoms with Gasteiger partial charge in [0.25, 0.3) is 5.89 Å². The zero-order chi connectivity index (χ0) is 14.7. The molecular formula is C14H16N4O2S. The Balaban J connectivity index is 1.59. The predicted octanol–water partition coefficient (Wildman–Crippen LogP) is 2.61. The number of thioether (sulfide) groups is 1. The van der Waals surface area contributed by atoms with Gasteiger partial charge >= 0.3 is 0 Å². The number of rotatable bonds is 6. The summed E-state index contributed by atoms with van der Waals surface area (Å²) < 4.78 is 12.1. The molecule has 0 spiro atoms. The second-order valence-electron chi connectivity index (χ2n) is 4.66. The number of pyridine rings is 1. The zero-order valence-corrected chi connectivity index (χ0v) is 12.8. The van der Waals surface area contributed by atoms with E-state index in [1.807, 2.05) is 12.1 Å². The van der Waals surface area contributed by atoms with E-state index in [-0.39, 0.29) is 0 Å². The van der Waals surface area contributed by atoms with Crippen LogP contribution in [-0.2, 0) is 22.8 Å². The summed E-state index contributed by atoms with van der Waals surface area (Å²) >= 11 is 1.71. The summed E-state index contributed by atoms with van der Waals surface area (Å²) in [6.45, 7) is 2.42. The number of methoxy groups -OCH3 is 1. The average molecular weight is 304 g/mol. The predicted molar refractivity (Wildman–Crippen MR) is 79.9 cm³/mol. The lowest BCUT2D eigenvalue weighted by Gasteiger charge is -1.96. The van der Waals surface area contributed by atoms with Crippen molar-refractivity contribution in [1.29, 1.82) is 0 Å². The maximum absolute atomic E-state index is 5.05. The number of hydrogen-bond acceptors (Lipinski definition) is 6. The van der Waals surface area contributed by atoms with Crippen molar-refractivity contribution in [3.05, 3.63) is 47.5 Å². The number of imidazole rings is 1. The van der Waals surface area contributed by atoms with Crippen molar-refractivity contribution >= 4 is 17.4 Å². The molecule has 0 N–H and O–H groups in total. The lowest BCUT2D eigenvalue weighted by atomic mass is 10.4. The largest absolute Gasteiger partial charge is 0.375 e. The van der Waals surface area contributed by atoms with E-state index >= 15 is 0 Å². The van der Waals surface area contributed by atoms with E-state index in [1.165, 1.54) is 5.69 Å². The van der Waals surface area contributed by atoms with Gasteiger partial charge in [-0.3, -0.25) is 0 Å². The van der Waals surface area contributed by atoms with Crippen LogP contribution in [0.2, 0.25) is 0 Å². The van der Waals surface area contributed by atoms with E-state index in [4.69, 9.17) is 9.26 Å². The smallest absolute Gasteiger partial charge is 0.252 e. The normalized spacial score (nSPS) is 11.3. The lowest BCUT2D eigenvalue weighted by Crippen LogP contribution is -1.89. The van der Waals surface area contributed by atoms with Crippen molar-refractivity contribution in [2.45, 2.75) is 25.0 Å². The molecule has 0 bridgehead atoms. The maximum Gasteiger partial charge on any atom is 0.252 e. The van der Waals surface area contributed by atoms with E-state index in [1.54, 1.807) is 18.9 Å². The topological polar surface area (TPSA) is 65.5 Å². The fourth-order valence-corrected chi connectivity index (χ4v) is 2.80. The molecule has 0 saturated heterocycles. The Hall–Kier alpha value is -1.86. The van der Waals surface area contributed by atoms with Gasteiger partial charge < -0.3 is 13.7 Å². The quantitative estimate of drug-likeness (QED) is 0.697. The summed E-state index contributed by atoms with van der Waals surface area (Å²) in [7, 11) is 1.60. The number of fused-ring (bicyclic) bond motifs is 1. The highest BCUT2D eigenvalue weighted by Gasteiger charge is 2.07. The van der Waals surface area contributed by atoms with Crippen molar-refractivity contribution in [1.82, 2.24) is 19.5 Å². The summed E-state index contributed by atoms with van der Waals surface area (Å²) in [6.07, 6.45) is 2.07. The first-order valence-corrected chi connectivity index (χ1v) is 7.73. The minimum atomic E-state index is 0.351. The first-order valence-electron chi connectivity index (χ1n) is 6.58. The van der Waals surface area contributed by atoms with Crippen LogP contribution in [0.25, 0.3) is 5.65 Å². The van der Waals surface area contributed by atoms with E-state index in [0.717, 1.165) is 17.1 Å². The Kier molecular flexibility index (Phi) is 4.21. The molecule has 0 fully saturated rings. The van der Waals surface area contributed by atoms with Crippen molar-refractivity contribution in [2.24, 2.45) is 0 Å². The average Bonchev–Trinajstić information content (AvgIpc) is 3.07. The Labute approximate surface area is 126 Å². The van der Waals surface area contributed by atoms with Gasteiger partial charge in [0.1, 0.15) is 12.3 Å². The molecule has 0 amide bonds. The van der Waals surface area contributed by atoms with Gasteiger partial charge in [-0.15, -0.1) is 11.8 Å². The van der Waals surface area contributed by atoms with Gasteiger partial charge in [0, 0.05) is 24.8 Å². The standard InChI is InChI=1S/C14H16N4O2S/c1-10-4-3-5-13-15-11(6-18(10)13)8-21-9-12-16-14(7-19-2)20-17-12/h3-6H,7-9H2,1-2H3. The molecule has 0 aliphatic heterocycles. The van der Waals surface area contributed by atoms with Crippen molar-refractivity contribution < 1.29 is 9.26 Å². The summed E-state index contributed by atoms with van der Waals surface area (Å²) in [5.74, 6) is 2.71. The molecule has 0 aliphatic carbocycles. The van der Waals surface area contributed by atoms with E-state index < -0.39 is 0 Å². The number of nitrogens with zero attached hydrogens (tertiary/aromatic N) is 4. The van der Waals surface area contributed by atoms with Crippen molar-refractivity contribution in [3.63, 3.8) is 0 Å². The van der Waals surface area contributed by atoms with Crippen molar-refractivity contribution in [3.8, 4) is 0 Å². The summed E-state index contributed by atoms with van der Waals surface area (Å²) in [4.78, 5) is 8.84. The summed E-state index contributed by atoms with van der Waals surface area (Å²) in [5, 5.41) is 3.91. The minimum Gasteiger partial charge on any atom is -0.375 e. The molecule has 3 aromatic rings. The van der Waals surface area contributed by atoms with Gasteiger partial charge in [-0.25, -0.2) is 4.98 Å². The van der Waals surface area contributed by atoms with Gasteiger partial charge in [-0.2, -0.15) is 4.98 Å². The van der Waals surface area contributed by atoms with E-state index in [2.05, 4.69) is 38.7 Å². The highest BCUT2D eigenvalue weighted by molar-refractivity contribution is 7.97. The second-order valence-corrected chi connectivity index (χ2v) is 5.64. The van der Waals surface area contributed by atoms with Gasteiger partial charge in [0.15, 0.2) is 5.82 Å². The van der Waals surface area contributed by atoms with E-state index in [0.29, 0.717) is 24.1 Å². The molecule has 7 heteroatoms. The van der Waals surface area contributed by atoms with Gasteiger partial charge in [-0.1, -0.05) is 11.2 Å². The molecule has 21 heavy (non-hydrogen) atoms. The van der Waals surface area contributed by atoms with Crippen LogP contribution in [0.3, 0.4) is 0 Å². The molecule has 0 unspecified atom stereocenters. The Bertz CT molecular complexity index is 737. The fraction of sp³-hybridized carbons (Fsp3) is 0.357. The molecule has 6 nitrogen and oxygen atoms in total. The van der Waals surface area contributed by atoms with Crippen LogP contribution in [0, 0.1) is 6.92 Å². The molecule has 0 aromatic carbocycles. The second kappa shape index (κ2) is 6.28. The third-order valence-corrected chi connectivity index (χ3v) is 3.97. The van der Waals surface area contributed by atoms with Crippen LogP contribution in [0.1, 0.15) is 23.1 Å². The minimum absolute atomic E-state index is 0.351. The third kappa shape index (κ3) is 3.25. The van der Waals surface area contributed by atoms with Crippen LogP contribution >= 0.6 is 11.8 Å². The SMILES string of the molecule is COCc1nc(CSCc2cn3c(C)cccc3n2)no1. The molecule has 0 atom stereocenters. The Morgan fingerprint density at radius 1 is 1.29 bits per heavy atom.